The van der Waals surface area contributed by atoms with E-state index < -0.39 is 5.97 Å². The normalized spacial score (nSPS) is 13.8. The number of anilines is 1. The summed E-state index contributed by atoms with van der Waals surface area (Å²) in [5.74, 6) is -0.754. The van der Waals surface area contributed by atoms with E-state index in [2.05, 4.69) is 17.1 Å². The average Bonchev–Trinajstić information content (AvgIpc) is 2.46. The van der Waals surface area contributed by atoms with Crippen molar-refractivity contribution < 1.29 is 9.90 Å². The molecule has 1 aromatic heterocycles. The van der Waals surface area contributed by atoms with Crippen molar-refractivity contribution in [3.05, 3.63) is 47.2 Å². The minimum absolute atomic E-state index is 0.202. The van der Waals surface area contributed by atoms with E-state index in [1.165, 1.54) is 30.0 Å². The molecule has 1 aromatic carbocycles. The molecular formula is C16H16N2O2. The summed E-state index contributed by atoms with van der Waals surface area (Å²) in [6.07, 6.45) is 6.15. The lowest BCUT2D eigenvalue weighted by Crippen LogP contribution is -2.05. The molecule has 0 spiro atoms. The van der Waals surface area contributed by atoms with Crippen LogP contribution in [0.1, 0.15) is 34.3 Å². The average molecular weight is 268 g/mol. The zero-order chi connectivity index (χ0) is 14.1. The predicted molar refractivity (Wildman–Crippen MR) is 77.7 cm³/mol. The van der Waals surface area contributed by atoms with Crippen molar-refractivity contribution in [2.75, 3.05) is 5.73 Å². The number of pyridine rings is 1. The number of fused-ring (bicyclic) bond motifs is 1. The van der Waals surface area contributed by atoms with Gasteiger partial charge in [-0.25, -0.2) is 9.78 Å². The molecule has 20 heavy (non-hydrogen) atoms. The number of nitrogens with zero attached hydrogens (tertiary/aromatic N) is 1. The lowest BCUT2D eigenvalue weighted by atomic mass is 9.88. The van der Waals surface area contributed by atoms with Crippen molar-refractivity contribution >= 4 is 11.8 Å². The van der Waals surface area contributed by atoms with Crippen LogP contribution in [0.3, 0.4) is 0 Å². The second kappa shape index (κ2) is 4.96. The number of aromatic carboxylic acids is 1. The van der Waals surface area contributed by atoms with Crippen molar-refractivity contribution in [1.29, 1.82) is 0 Å². The molecule has 1 heterocycles. The van der Waals surface area contributed by atoms with Gasteiger partial charge in [0.25, 0.3) is 0 Å². The molecule has 3 N–H and O–H groups in total. The highest BCUT2D eigenvalue weighted by Gasteiger charge is 2.15. The first kappa shape index (κ1) is 12.7. The van der Waals surface area contributed by atoms with E-state index >= 15 is 0 Å². The Labute approximate surface area is 117 Å². The number of carbonyl (C=O) groups is 1. The number of hydrogen-bond donors (Lipinski definition) is 2. The fraction of sp³-hybridized carbons (Fsp3) is 0.250. The van der Waals surface area contributed by atoms with Crippen molar-refractivity contribution in [3.63, 3.8) is 0 Å². The molecule has 0 aliphatic heterocycles. The third-order valence-electron chi connectivity index (χ3n) is 3.82. The summed E-state index contributed by atoms with van der Waals surface area (Å²) in [6, 6.07) is 7.58. The molecule has 102 valence electrons. The molecule has 4 nitrogen and oxygen atoms in total. The van der Waals surface area contributed by atoms with Gasteiger partial charge in [-0.2, -0.15) is 0 Å². The quantitative estimate of drug-likeness (QED) is 0.878. The summed E-state index contributed by atoms with van der Waals surface area (Å²) in [5, 5.41) is 9.31. The summed E-state index contributed by atoms with van der Waals surface area (Å²) in [7, 11) is 0. The number of aromatic nitrogens is 1. The zero-order valence-electron chi connectivity index (χ0n) is 11.1. The smallest absolute Gasteiger partial charge is 0.336 e. The van der Waals surface area contributed by atoms with E-state index in [-0.39, 0.29) is 11.4 Å². The maximum absolute atomic E-state index is 11.4. The zero-order valence-corrected chi connectivity index (χ0v) is 11.1. The van der Waals surface area contributed by atoms with Gasteiger partial charge in [-0.1, -0.05) is 18.2 Å². The SMILES string of the molecule is Nc1cc(C(=O)O)c(-c2ccc3c(c2)CCCC3)cn1. The van der Waals surface area contributed by atoms with Crippen molar-refractivity contribution in [2.45, 2.75) is 25.7 Å². The van der Waals surface area contributed by atoms with Gasteiger partial charge in [0, 0.05) is 11.8 Å². The van der Waals surface area contributed by atoms with Crippen LogP contribution in [0, 0.1) is 0 Å². The Morgan fingerprint density at radius 3 is 2.65 bits per heavy atom. The summed E-state index contributed by atoms with van der Waals surface area (Å²) < 4.78 is 0. The van der Waals surface area contributed by atoms with E-state index in [0.717, 1.165) is 18.4 Å². The van der Waals surface area contributed by atoms with E-state index in [0.29, 0.717) is 5.56 Å². The van der Waals surface area contributed by atoms with E-state index in [4.69, 9.17) is 5.73 Å². The summed E-state index contributed by atoms with van der Waals surface area (Å²) in [6.45, 7) is 0. The Kier molecular flexibility index (Phi) is 3.14. The molecule has 0 amide bonds. The van der Waals surface area contributed by atoms with Crippen LogP contribution in [-0.2, 0) is 12.8 Å². The Morgan fingerprint density at radius 2 is 1.90 bits per heavy atom. The molecule has 0 radical (unpaired) electrons. The highest BCUT2D eigenvalue weighted by molar-refractivity contribution is 5.96. The third-order valence-corrected chi connectivity index (χ3v) is 3.82. The van der Waals surface area contributed by atoms with Gasteiger partial charge in [-0.3, -0.25) is 0 Å². The van der Waals surface area contributed by atoms with Crippen LogP contribution in [0.25, 0.3) is 11.1 Å². The molecular weight excluding hydrogens is 252 g/mol. The second-order valence-electron chi connectivity index (χ2n) is 5.15. The summed E-state index contributed by atoms with van der Waals surface area (Å²) in [4.78, 5) is 15.4. The number of carboxylic acid groups (broad SMARTS) is 1. The van der Waals surface area contributed by atoms with Crippen LogP contribution in [0.2, 0.25) is 0 Å². The van der Waals surface area contributed by atoms with Gasteiger partial charge in [-0.05, 0) is 48.4 Å². The molecule has 0 unspecified atom stereocenters. The van der Waals surface area contributed by atoms with Gasteiger partial charge in [0.15, 0.2) is 0 Å². The van der Waals surface area contributed by atoms with Gasteiger partial charge in [0.1, 0.15) is 5.82 Å². The first-order chi connectivity index (χ1) is 9.65. The molecule has 1 aliphatic carbocycles. The van der Waals surface area contributed by atoms with Crippen LogP contribution in [0.15, 0.2) is 30.5 Å². The van der Waals surface area contributed by atoms with Crippen LogP contribution in [0.4, 0.5) is 5.82 Å². The monoisotopic (exact) mass is 268 g/mol. The number of benzene rings is 1. The third kappa shape index (κ3) is 2.25. The van der Waals surface area contributed by atoms with Crippen molar-refractivity contribution in [2.24, 2.45) is 0 Å². The van der Waals surface area contributed by atoms with E-state index in [1.807, 2.05) is 6.07 Å². The van der Waals surface area contributed by atoms with Crippen molar-refractivity contribution in [1.82, 2.24) is 4.98 Å². The fourth-order valence-corrected chi connectivity index (χ4v) is 2.78. The lowest BCUT2D eigenvalue weighted by molar-refractivity contribution is 0.0697. The van der Waals surface area contributed by atoms with Gasteiger partial charge in [-0.15, -0.1) is 0 Å². The number of rotatable bonds is 2. The number of nitrogens with two attached hydrogens (primary N) is 1. The largest absolute Gasteiger partial charge is 0.478 e. The standard InChI is InChI=1S/C16H16N2O2/c17-15-8-13(16(19)20)14(9-18-15)12-6-5-10-3-1-2-4-11(10)7-12/h5-9H,1-4H2,(H2,17,18)(H,19,20). The maximum Gasteiger partial charge on any atom is 0.336 e. The number of aryl methyl sites for hydroxylation is 2. The Balaban J connectivity index is 2.11. The molecule has 3 rings (SSSR count). The van der Waals surface area contributed by atoms with Crippen LogP contribution in [0.5, 0.6) is 0 Å². The first-order valence-corrected chi connectivity index (χ1v) is 6.76. The van der Waals surface area contributed by atoms with Gasteiger partial charge in [0.05, 0.1) is 5.56 Å². The van der Waals surface area contributed by atoms with Gasteiger partial charge < -0.3 is 10.8 Å². The number of nitrogen functional groups attached to an aromatic ring is 1. The Morgan fingerprint density at radius 1 is 1.15 bits per heavy atom. The molecule has 4 heteroatoms. The van der Waals surface area contributed by atoms with Crippen molar-refractivity contribution in [3.8, 4) is 11.1 Å². The van der Waals surface area contributed by atoms with Gasteiger partial charge >= 0.3 is 5.97 Å². The molecule has 2 aromatic rings. The second-order valence-corrected chi connectivity index (χ2v) is 5.15. The van der Waals surface area contributed by atoms with Crippen LogP contribution < -0.4 is 5.73 Å². The predicted octanol–water partition coefficient (Wildman–Crippen LogP) is 2.91. The summed E-state index contributed by atoms with van der Waals surface area (Å²) in [5.41, 5.74) is 10.0. The molecule has 0 fully saturated rings. The van der Waals surface area contributed by atoms with Crippen LogP contribution >= 0.6 is 0 Å². The molecule has 1 aliphatic rings. The molecule has 0 atom stereocenters. The fourth-order valence-electron chi connectivity index (χ4n) is 2.78. The minimum atomic E-state index is -0.980. The Hall–Kier alpha value is -2.36. The Bertz CT molecular complexity index is 680. The van der Waals surface area contributed by atoms with E-state index in [1.54, 1.807) is 6.20 Å². The highest BCUT2D eigenvalue weighted by Crippen LogP contribution is 2.29. The number of carboxylic acids is 1. The molecule has 0 bridgehead atoms. The highest BCUT2D eigenvalue weighted by atomic mass is 16.4. The van der Waals surface area contributed by atoms with Gasteiger partial charge in [0.2, 0.25) is 0 Å². The summed E-state index contributed by atoms with van der Waals surface area (Å²) >= 11 is 0. The van der Waals surface area contributed by atoms with Crippen LogP contribution in [-0.4, -0.2) is 16.1 Å². The topological polar surface area (TPSA) is 76.2 Å². The molecule has 0 saturated carbocycles. The minimum Gasteiger partial charge on any atom is -0.478 e. The lowest BCUT2D eigenvalue weighted by Gasteiger charge is -2.17. The molecule has 0 saturated heterocycles. The van der Waals surface area contributed by atoms with E-state index in [9.17, 15) is 9.90 Å². The first-order valence-electron chi connectivity index (χ1n) is 6.76. The maximum atomic E-state index is 11.4. The number of hydrogen-bond acceptors (Lipinski definition) is 3.